The molecule has 3 aromatic rings. The van der Waals surface area contributed by atoms with Gasteiger partial charge in [0.25, 0.3) is 0 Å². The third-order valence-electron chi connectivity index (χ3n) is 4.39. The Morgan fingerprint density at radius 1 is 1.19 bits per heavy atom. The predicted molar refractivity (Wildman–Crippen MR) is 102 cm³/mol. The highest BCUT2D eigenvalue weighted by Gasteiger charge is 2.20. The number of carbonyl (C=O) groups is 1. The predicted octanol–water partition coefficient (Wildman–Crippen LogP) is 4.32. The molecular weight excluding hydrogens is 326 g/mol. The number of imidazole rings is 1. The first-order valence-corrected chi connectivity index (χ1v) is 9.10. The highest BCUT2D eigenvalue weighted by atomic mass is 16.5. The molecule has 0 atom stereocenters. The van der Waals surface area contributed by atoms with Crippen LogP contribution in [0, 0.1) is 6.92 Å². The van der Waals surface area contributed by atoms with E-state index in [1.54, 1.807) is 0 Å². The molecule has 0 spiro atoms. The van der Waals surface area contributed by atoms with Crippen LogP contribution in [-0.2, 0) is 16.0 Å². The third kappa shape index (κ3) is 3.62. The fourth-order valence-corrected chi connectivity index (χ4v) is 3.08. The van der Waals surface area contributed by atoms with Crippen LogP contribution in [0.25, 0.3) is 17.0 Å². The second-order valence-corrected chi connectivity index (χ2v) is 6.78. The Balaban J connectivity index is 2.15. The number of aryl methyl sites for hydroxylation is 1. The average molecular weight is 351 g/mol. The minimum absolute atomic E-state index is 0.174. The van der Waals surface area contributed by atoms with Crippen molar-refractivity contribution in [2.45, 2.75) is 46.5 Å². The summed E-state index contributed by atoms with van der Waals surface area (Å²) in [6, 6.07) is 9.90. The van der Waals surface area contributed by atoms with E-state index in [9.17, 15) is 4.79 Å². The summed E-state index contributed by atoms with van der Waals surface area (Å²) >= 11 is 0. The van der Waals surface area contributed by atoms with E-state index in [-0.39, 0.29) is 12.4 Å². The van der Waals surface area contributed by atoms with Gasteiger partial charge in [-0.1, -0.05) is 51.1 Å². The lowest BCUT2D eigenvalue weighted by Gasteiger charge is -2.11. The molecule has 0 radical (unpaired) electrons. The van der Waals surface area contributed by atoms with Gasteiger partial charge in [-0.3, -0.25) is 9.20 Å². The molecule has 0 bridgehead atoms. The van der Waals surface area contributed by atoms with E-state index < -0.39 is 0 Å². The summed E-state index contributed by atoms with van der Waals surface area (Å²) in [6.45, 7) is 8.70. The van der Waals surface area contributed by atoms with Gasteiger partial charge in [-0.15, -0.1) is 0 Å². The van der Waals surface area contributed by atoms with Gasteiger partial charge < -0.3 is 4.74 Å². The molecule has 136 valence electrons. The van der Waals surface area contributed by atoms with Crippen molar-refractivity contribution in [2.75, 3.05) is 6.61 Å². The van der Waals surface area contributed by atoms with E-state index in [1.165, 1.54) is 0 Å². The fraction of sp³-hybridized carbons (Fsp3) is 0.381. The number of nitrogens with zero attached hydrogens (tertiary/aromatic N) is 3. The van der Waals surface area contributed by atoms with Gasteiger partial charge in [0.05, 0.1) is 24.4 Å². The van der Waals surface area contributed by atoms with Crippen molar-refractivity contribution in [1.29, 1.82) is 0 Å². The molecule has 0 unspecified atom stereocenters. The van der Waals surface area contributed by atoms with Crippen LogP contribution in [0.2, 0.25) is 0 Å². The zero-order chi connectivity index (χ0) is 18.7. The molecule has 0 saturated heterocycles. The van der Waals surface area contributed by atoms with Crippen LogP contribution >= 0.6 is 0 Å². The first-order chi connectivity index (χ1) is 12.5. The molecule has 0 fully saturated rings. The summed E-state index contributed by atoms with van der Waals surface area (Å²) < 4.78 is 7.25. The number of ether oxygens (including phenoxy) is 1. The van der Waals surface area contributed by atoms with E-state index in [1.807, 2.05) is 48.6 Å². The molecule has 0 amide bonds. The highest BCUT2D eigenvalue weighted by molar-refractivity contribution is 5.77. The van der Waals surface area contributed by atoms with E-state index in [0.29, 0.717) is 18.3 Å². The normalized spacial score (nSPS) is 11.3. The Morgan fingerprint density at radius 2 is 1.92 bits per heavy atom. The topological polar surface area (TPSA) is 56.5 Å². The van der Waals surface area contributed by atoms with Gasteiger partial charge in [-0.05, 0) is 24.8 Å². The van der Waals surface area contributed by atoms with Crippen molar-refractivity contribution in [1.82, 2.24) is 14.4 Å². The average Bonchev–Trinajstić information content (AvgIpc) is 2.97. The molecule has 1 aromatic carbocycles. The molecule has 5 nitrogen and oxygen atoms in total. The Hall–Kier alpha value is -2.69. The monoisotopic (exact) mass is 351 g/mol. The maximum Gasteiger partial charge on any atom is 0.311 e. The summed E-state index contributed by atoms with van der Waals surface area (Å²) in [5, 5.41) is 0. The van der Waals surface area contributed by atoms with Crippen LogP contribution in [0.4, 0.5) is 0 Å². The first-order valence-electron chi connectivity index (χ1n) is 9.10. The van der Waals surface area contributed by atoms with Crippen LogP contribution < -0.4 is 0 Å². The van der Waals surface area contributed by atoms with Gasteiger partial charge in [0.1, 0.15) is 0 Å². The van der Waals surface area contributed by atoms with Gasteiger partial charge in [0.15, 0.2) is 0 Å². The SMILES string of the molecule is CCCOC(=O)Cc1c(-c2ccccc2)nc2nc(C)c(C(C)C)cn12. The Kier molecular flexibility index (Phi) is 5.35. The number of aromatic nitrogens is 3. The first kappa shape index (κ1) is 18.1. The summed E-state index contributed by atoms with van der Waals surface area (Å²) in [7, 11) is 0. The summed E-state index contributed by atoms with van der Waals surface area (Å²) in [4.78, 5) is 21.7. The van der Waals surface area contributed by atoms with Gasteiger partial charge in [-0.2, -0.15) is 0 Å². The number of hydrogen-bond acceptors (Lipinski definition) is 4. The van der Waals surface area contributed by atoms with Crippen molar-refractivity contribution in [2.24, 2.45) is 0 Å². The van der Waals surface area contributed by atoms with E-state index >= 15 is 0 Å². The minimum atomic E-state index is -0.238. The lowest BCUT2D eigenvalue weighted by molar-refractivity contribution is -0.142. The molecular formula is C21H25N3O2. The van der Waals surface area contributed by atoms with Gasteiger partial charge in [0.2, 0.25) is 5.78 Å². The zero-order valence-corrected chi connectivity index (χ0v) is 15.8. The van der Waals surface area contributed by atoms with Crippen LogP contribution in [0.5, 0.6) is 0 Å². The molecule has 3 rings (SSSR count). The lowest BCUT2D eigenvalue weighted by Crippen LogP contribution is -2.11. The fourth-order valence-electron chi connectivity index (χ4n) is 3.08. The maximum absolute atomic E-state index is 12.3. The second kappa shape index (κ2) is 7.68. The number of benzene rings is 1. The largest absolute Gasteiger partial charge is 0.465 e. The standard InChI is InChI=1S/C21H25N3O2/c1-5-11-26-19(25)12-18-20(16-9-7-6-8-10-16)23-21-22-15(4)17(14(2)3)13-24(18)21/h6-10,13-14H,5,11-12H2,1-4H3. The molecule has 2 aromatic heterocycles. The molecule has 0 aliphatic rings. The van der Waals surface area contributed by atoms with Gasteiger partial charge >= 0.3 is 5.97 Å². The van der Waals surface area contributed by atoms with Crippen LogP contribution in [0.15, 0.2) is 36.5 Å². The maximum atomic E-state index is 12.3. The molecule has 2 heterocycles. The smallest absolute Gasteiger partial charge is 0.311 e. The van der Waals surface area contributed by atoms with E-state index in [4.69, 9.17) is 9.72 Å². The molecule has 5 heteroatoms. The number of carbonyl (C=O) groups excluding carboxylic acids is 1. The van der Waals surface area contributed by atoms with Crippen molar-refractivity contribution in [3.8, 4) is 11.3 Å². The third-order valence-corrected chi connectivity index (χ3v) is 4.39. The van der Waals surface area contributed by atoms with E-state index in [2.05, 4.69) is 25.0 Å². The number of esters is 1. The Morgan fingerprint density at radius 3 is 2.58 bits per heavy atom. The zero-order valence-electron chi connectivity index (χ0n) is 15.8. The van der Waals surface area contributed by atoms with Crippen molar-refractivity contribution < 1.29 is 9.53 Å². The summed E-state index contributed by atoms with van der Waals surface area (Å²) in [6.07, 6.45) is 3.04. The van der Waals surface area contributed by atoms with Crippen LogP contribution in [0.3, 0.4) is 0 Å². The number of fused-ring (bicyclic) bond motifs is 1. The molecule has 0 N–H and O–H groups in total. The Labute approximate surface area is 154 Å². The van der Waals surface area contributed by atoms with Crippen molar-refractivity contribution >= 4 is 11.7 Å². The lowest BCUT2D eigenvalue weighted by atomic mass is 10.0. The molecule has 0 aliphatic carbocycles. The van der Waals surface area contributed by atoms with Crippen LogP contribution in [-0.4, -0.2) is 26.9 Å². The van der Waals surface area contributed by atoms with Gasteiger partial charge in [0, 0.05) is 17.5 Å². The molecule has 0 saturated carbocycles. The van der Waals surface area contributed by atoms with Crippen molar-refractivity contribution in [3.05, 3.63) is 53.5 Å². The number of rotatable bonds is 6. The number of hydrogen-bond donors (Lipinski definition) is 0. The van der Waals surface area contributed by atoms with Crippen LogP contribution in [0.1, 0.15) is 50.1 Å². The summed E-state index contributed by atoms with van der Waals surface area (Å²) in [5.41, 5.74) is 4.70. The summed E-state index contributed by atoms with van der Waals surface area (Å²) in [5.74, 6) is 0.718. The van der Waals surface area contributed by atoms with Crippen molar-refractivity contribution in [3.63, 3.8) is 0 Å². The Bertz CT molecular complexity index is 914. The minimum Gasteiger partial charge on any atom is -0.465 e. The van der Waals surface area contributed by atoms with E-state index in [0.717, 1.165) is 34.6 Å². The van der Waals surface area contributed by atoms with Gasteiger partial charge in [-0.25, -0.2) is 9.97 Å². The highest BCUT2D eigenvalue weighted by Crippen LogP contribution is 2.27. The molecule has 26 heavy (non-hydrogen) atoms. The molecule has 0 aliphatic heterocycles. The second-order valence-electron chi connectivity index (χ2n) is 6.78. The quantitative estimate of drug-likeness (QED) is 0.621.